The smallest absolute Gasteiger partial charge is 0.237 e. The Morgan fingerprint density at radius 2 is 1.86 bits per heavy atom. The van der Waals surface area contributed by atoms with Crippen molar-refractivity contribution in [1.82, 2.24) is 9.80 Å². The first kappa shape index (κ1) is 18.8. The van der Waals surface area contributed by atoms with Gasteiger partial charge in [0.2, 0.25) is 5.91 Å². The molecule has 0 spiro atoms. The van der Waals surface area contributed by atoms with Crippen LogP contribution in [0.25, 0.3) is 0 Å². The van der Waals surface area contributed by atoms with Crippen LogP contribution in [0.15, 0.2) is 42.5 Å². The SMILES string of the molecule is CN(CC(=O)N(C)C1CCCc2ccccc21)Cc1ccc2c(c1)OCCO2. The molecule has 1 atom stereocenters. The second-order valence-electron chi connectivity index (χ2n) is 7.76. The molecule has 5 heteroatoms. The van der Waals surface area contributed by atoms with E-state index in [9.17, 15) is 4.79 Å². The molecule has 2 aromatic rings. The number of likely N-dealkylation sites (N-methyl/N-ethyl adjacent to an activating group) is 2. The summed E-state index contributed by atoms with van der Waals surface area (Å²) < 4.78 is 11.2. The Balaban J connectivity index is 1.38. The van der Waals surface area contributed by atoms with Crippen molar-refractivity contribution in [3.8, 4) is 11.5 Å². The third-order valence-corrected chi connectivity index (χ3v) is 5.66. The van der Waals surface area contributed by atoms with Crippen molar-refractivity contribution < 1.29 is 14.3 Å². The Labute approximate surface area is 166 Å². The maximum absolute atomic E-state index is 12.9. The fourth-order valence-electron chi connectivity index (χ4n) is 4.20. The molecule has 5 nitrogen and oxygen atoms in total. The van der Waals surface area contributed by atoms with Crippen molar-refractivity contribution in [3.63, 3.8) is 0 Å². The number of nitrogens with zero attached hydrogens (tertiary/aromatic N) is 2. The fraction of sp³-hybridized carbons (Fsp3) is 0.435. The minimum atomic E-state index is 0.154. The summed E-state index contributed by atoms with van der Waals surface area (Å²) in [5, 5.41) is 0. The van der Waals surface area contributed by atoms with E-state index >= 15 is 0 Å². The molecule has 1 amide bonds. The van der Waals surface area contributed by atoms with Crippen LogP contribution in [0.3, 0.4) is 0 Å². The molecule has 28 heavy (non-hydrogen) atoms. The van der Waals surface area contributed by atoms with Crippen molar-refractivity contribution >= 4 is 5.91 Å². The van der Waals surface area contributed by atoms with E-state index in [0.717, 1.165) is 36.3 Å². The maximum atomic E-state index is 12.9. The lowest BCUT2D eigenvalue weighted by Crippen LogP contribution is -2.39. The molecule has 1 aliphatic heterocycles. The van der Waals surface area contributed by atoms with Crippen LogP contribution >= 0.6 is 0 Å². The molecule has 1 aliphatic carbocycles. The first-order valence-corrected chi connectivity index (χ1v) is 10.0. The van der Waals surface area contributed by atoms with Gasteiger partial charge in [-0.3, -0.25) is 9.69 Å². The third-order valence-electron chi connectivity index (χ3n) is 5.66. The highest BCUT2D eigenvalue weighted by atomic mass is 16.6. The number of carbonyl (C=O) groups excluding carboxylic acids is 1. The van der Waals surface area contributed by atoms with Gasteiger partial charge in [-0.1, -0.05) is 30.3 Å². The first-order chi connectivity index (χ1) is 13.6. The second-order valence-corrected chi connectivity index (χ2v) is 7.76. The molecule has 0 N–H and O–H groups in total. The Morgan fingerprint density at radius 1 is 1.07 bits per heavy atom. The van der Waals surface area contributed by atoms with Gasteiger partial charge in [-0.25, -0.2) is 0 Å². The van der Waals surface area contributed by atoms with Crippen LogP contribution in [0.5, 0.6) is 11.5 Å². The Kier molecular flexibility index (Phi) is 5.53. The zero-order chi connectivity index (χ0) is 19.5. The van der Waals surface area contributed by atoms with Crippen molar-refractivity contribution in [2.45, 2.75) is 31.8 Å². The van der Waals surface area contributed by atoms with Crippen LogP contribution < -0.4 is 9.47 Å². The topological polar surface area (TPSA) is 42.0 Å². The summed E-state index contributed by atoms with van der Waals surface area (Å²) in [6.07, 6.45) is 3.27. The molecule has 1 unspecified atom stereocenters. The van der Waals surface area contributed by atoms with Gasteiger partial charge in [0, 0.05) is 13.6 Å². The largest absolute Gasteiger partial charge is 0.486 e. The lowest BCUT2D eigenvalue weighted by Gasteiger charge is -2.34. The Morgan fingerprint density at radius 3 is 2.71 bits per heavy atom. The lowest BCUT2D eigenvalue weighted by molar-refractivity contribution is -0.133. The van der Waals surface area contributed by atoms with Crippen molar-refractivity contribution in [3.05, 3.63) is 59.2 Å². The van der Waals surface area contributed by atoms with Gasteiger partial charge in [-0.05, 0) is 55.1 Å². The highest BCUT2D eigenvalue weighted by Crippen LogP contribution is 2.34. The molecule has 1 heterocycles. The zero-order valence-electron chi connectivity index (χ0n) is 16.7. The second kappa shape index (κ2) is 8.23. The number of rotatable bonds is 5. The fourth-order valence-corrected chi connectivity index (χ4v) is 4.20. The number of hydrogen-bond acceptors (Lipinski definition) is 4. The monoisotopic (exact) mass is 380 g/mol. The van der Waals surface area contributed by atoms with Gasteiger partial charge in [0.25, 0.3) is 0 Å². The summed E-state index contributed by atoms with van der Waals surface area (Å²) in [6.45, 7) is 2.26. The summed E-state index contributed by atoms with van der Waals surface area (Å²) in [5.74, 6) is 1.74. The molecule has 0 bridgehead atoms. The van der Waals surface area contributed by atoms with E-state index in [-0.39, 0.29) is 11.9 Å². The van der Waals surface area contributed by atoms with E-state index in [1.807, 2.05) is 37.2 Å². The number of fused-ring (bicyclic) bond motifs is 2. The van der Waals surface area contributed by atoms with E-state index < -0.39 is 0 Å². The van der Waals surface area contributed by atoms with Crippen molar-refractivity contribution in [1.29, 1.82) is 0 Å². The molecular formula is C23H28N2O3. The summed E-state index contributed by atoms with van der Waals surface area (Å²) in [4.78, 5) is 16.9. The number of benzene rings is 2. The van der Waals surface area contributed by atoms with Crippen LogP contribution in [-0.4, -0.2) is 49.6 Å². The number of aryl methyl sites for hydroxylation is 1. The van der Waals surface area contributed by atoms with Gasteiger partial charge in [-0.15, -0.1) is 0 Å². The molecule has 0 fully saturated rings. The van der Waals surface area contributed by atoms with E-state index in [0.29, 0.717) is 26.3 Å². The van der Waals surface area contributed by atoms with E-state index in [1.165, 1.54) is 11.1 Å². The minimum absolute atomic E-state index is 0.154. The molecule has 0 saturated carbocycles. The van der Waals surface area contributed by atoms with E-state index in [1.54, 1.807) is 0 Å². The normalized spacial score (nSPS) is 17.9. The number of hydrogen-bond donors (Lipinski definition) is 0. The van der Waals surface area contributed by atoms with Gasteiger partial charge in [0.05, 0.1) is 12.6 Å². The van der Waals surface area contributed by atoms with E-state index in [4.69, 9.17) is 9.47 Å². The van der Waals surface area contributed by atoms with Crippen LogP contribution in [-0.2, 0) is 17.8 Å². The van der Waals surface area contributed by atoms with Gasteiger partial charge in [0.1, 0.15) is 13.2 Å². The summed E-state index contributed by atoms with van der Waals surface area (Å²) in [7, 11) is 3.92. The molecule has 2 aromatic carbocycles. The van der Waals surface area contributed by atoms with Crippen LogP contribution in [0.2, 0.25) is 0 Å². The van der Waals surface area contributed by atoms with Crippen LogP contribution in [0.4, 0.5) is 0 Å². The minimum Gasteiger partial charge on any atom is -0.486 e. The predicted molar refractivity (Wildman–Crippen MR) is 109 cm³/mol. The van der Waals surface area contributed by atoms with E-state index in [2.05, 4.69) is 29.2 Å². The number of amides is 1. The molecule has 148 valence electrons. The quantitative estimate of drug-likeness (QED) is 0.797. The van der Waals surface area contributed by atoms with Gasteiger partial charge >= 0.3 is 0 Å². The average Bonchev–Trinajstić information content (AvgIpc) is 2.72. The average molecular weight is 380 g/mol. The lowest BCUT2D eigenvalue weighted by atomic mass is 9.87. The zero-order valence-corrected chi connectivity index (χ0v) is 16.7. The molecule has 0 radical (unpaired) electrons. The van der Waals surface area contributed by atoms with Crippen LogP contribution in [0, 0.1) is 0 Å². The Bertz CT molecular complexity index is 851. The van der Waals surface area contributed by atoms with Crippen LogP contribution in [0.1, 0.15) is 35.6 Å². The Hall–Kier alpha value is -2.53. The molecule has 0 aromatic heterocycles. The van der Waals surface area contributed by atoms with Gasteiger partial charge in [-0.2, -0.15) is 0 Å². The first-order valence-electron chi connectivity index (χ1n) is 10.0. The van der Waals surface area contributed by atoms with Gasteiger partial charge < -0.3 is 14.4 Å². The third kappa shape index (κ3) is 3.99. The molecule has 0 saturated heterocycles. The summed E-state index contributed by atoms with van der Waals surface area (Å²) in [6, 6.07) is 14.7. The van der Waals surface area contributed by atoms with Crippen molar-refractivity contribution in [2.24, 2.45) is 0 Å². The molecule has 2 aliphatic rings. The van der Waals surface area contributed by atoms with Gasteiger partial charge in [0.15, 0.2) is 11.5 Å². The van der Waals surface area contributed by atoms with Crippen molar-refractivity contribution in [2.75, 3.05) is 33.9 Å². The summed E-state index contributed by atoms with van der Waals surface area (Å²) >= 11 is 0. The molecular weight excluding hydrogens is 352 g/mol. The summed E-state index contributed by atoms with van der Waals surface area (Å²) in [5.41, 5.74) is 3.80. The molecule has 4 rings (SSSR count). The predicted octanol–water partition coefficient (Wildman–Crippen LogP) is 3.43. The number of ether oxygens (including phenoxy) is 2. The highest BCUT2D eigenvalue weighted by molar-refractivity contribution is 5.78. The maximum Gasteiger partial charge on any atom is 0.237 e. The standard InChI is InChI=1S/C23H28N2O3/c1-24(15-17-10-11-21-22(14-17)28-13-12-27-21)16-23(26)25(2)20-9-5-7-18-6-3-4-8-19(18)20/h3-4,6,8,10-11,14,20H,5,7,9,12-13,15-16H2,1-2H3. The highest BCUT2D eigenvalue weighted by Gasteiger charge is 2.26. The number of carbonyl (C=O) groups is 1.